The fourth-order valence-electron chi connectivity index (χ4n) is 5.57. The minimum Gasteiger partial charge on any atom is -0.466 e. The van der Waals surface area contributed by atoms with Gasteiger partial charge in [0.25, 0.3) is 0 Å². The van der Waals surface area contributed by atoms with Gasteiger partial charge < -0.3 is 28.4 Å². The van der Waals surface area contributed by atoms with E-state index in [2.05, 4.69) is 6.58 Å². The molecule has 2 aliphatic carbocycles. The zero-order valence-corrected chi connectivity index (χ0v) is 27.8. The van der Waals surface area contributed by atoms with Crippen LogP contribution in [-0.2, 0) is 47.7 Å². The minimum atomic E-state index is -0.507. The molecule has 0 heterocycles. The molecule has 0 spiro atoms. The third-order valence-electron chi connectivity index (χ3n) is 8.51. The van der Waals surface area contributed by atoms with Crippen molar-refractivity contribution < 1.29 is 57.2 Å². The topological polar surface area (TPSA) is 158 Å². The average Bonchev–Trinajstić information content (AvgIpc) is 3.11. The molecule has 0 bridgehead atoms. The highest BCUT2D eigenvalue weighted by atomic mass is 16.6. The lowest BCUT2D eigenvalue weighted by Gasteiger charge is -2.30. The number of esters is 6. The minimum absolute atomic E-state index is 0.179. The predicted octanol–water partition coefficient (Wildman–Crippen LogP) is 5.44. The van der Waals surface area contributed by atoms with E-state index in [-0.39, 0.29) is 67.6 Å². The van der Waals surface area contributed by atoms with Gasteiger partial charge in [0.1, 0.15) is 11.9 Å². The van der Waals surface area contributed by atoms with E-state index in [1.54, 1.807) is 6.92 Å². The van der Waals surface area contributed by atoms with E-state index in [0.717, 1.165) is 6.08 Å². The summed E-state index contributed by atoms with van der Waals surface area (Å²) in [7, 11) is 0. The average molecular weight is 673 g/mol. The van der Waals surface area contributed by atoms with Gasteiger partial charge in [0, 0.05) is 12.5 Å². The van der Waals surface area contributed by atoms with Crippen LogP contribution >= 0.6 is 0 Å². The van der Waals surface area contributed by atoms with Crippen LogP contribution in [0.2, 0.25) is 0 Å². The number of hydrogen-bond donors (Lipinski definition) is 0. The zero-order chi connectivity index (χ0) is 34.7. The van der Waals surface area contributed by atoms with E-state index in [0.29, 0.717) is 101 Å². The fourth-order valence-corrected chi connectivity index (χ4v) is 5.57. The molecule has 0 aromatic heterocycles. The highest BCUT2D eigenvalue weighted by molar-refractivity contribution is 5.89. The zero-order valence-electron chi connectivity index (χ0n) is 27.8. The van der Waals surface area contributed by atoms with Gasteiger partial charge in [-0.2, -0.15) is 0 Å². The highest BCUT2D eigenvalue weighted by Gasteiger charge is 2.34. The normalized spacial score (nSPS) is 20.4. The van der Waals surface area contributed by atoms with Crippen LogP contribution in [0.5, 0.6) is 5.75 Å². The second-order valence-electron chi connectivity index (χ2n) is 12.1. The smallest absolute Gasteiger partial charge is 0.338 e. The number of ether oxygens (including phenoxy) is 6. The lowest BCUT2D eigenvalue weighted by Crippen LogP contribution is -2.33. The second-order valence-corrected chi connectivity index (χ2v) is 12.1. The molecule has 0 amide bonds. The maximum Gasteiger partial charge on any atom is 0.338 e. The standard InChI is InChI=1S/C36H48O12/c1-3-31(37)43-21-5-7-23-45-33(39)25-13-17-29(18-14-25)47-35(41)27-9-11-28(12-10-27)36(42)48-30-19-15-26(16-20-30)34(40)46-24-8-6-22-44-32(38)4-2/h3,13-14,17-18,26-28,30H,1,4-12,15-16,19-24H2,2H3. The van der Waals surface area contributed by atoms with Crippen LogP contribution in [0.3, 0.4) is 0 Å². The Hall–Kier alpha value is -4.22. The van der Waals surface area contributed by atoms with E-state index in [1.807, 2.05) is 0 Å². The molecule has 48 heavy (non-hydrogen) atoms. The van der Waals surface area contributed by atoms with E-state index in [4.69, 9.17) is 28.4 Å². The Morgan fingerprint density at radius 2 is 1.15 bits per heavy atom. The Bertz CT molecular complexity index is 1220. The van der Waals surface area contributed by atoms with Crippen LogP contribution < -0.4 is 4.74 Å². The molecule has 0 saturated heterocycles. The molecule has 12 nitrogen and oxygen atoms in total. The van der Waals surface area contributed by atoms with Crippen LogP contribution in [0.1, 0.15) is 101 Å². The number of carbonyl (C=O) groups excluding carboxylic acids is 6. The quantitative estimate of drug-likeness (QED) is 0.0640. The first-order chi connectivity index (χ1) is 23.2. The number of unbranched alkanes of at least 4 members (excludes halogenated alkanes) is 2. The van der Waals surface area contributed by atoms with Crippen LogP contribution in [0.15, 0.2) is 36.9 Å². The Morgan fingerprint density at radius 1 is 0.646 bits per heavy atom. The van der Waals surface area contributed by atoms with E-state index < -0.39 is 11.9 Å². The summed E-state index contributed by atoms with van der Waals surface area (Å²) in [5.41, 5.74) is 0.320. The van der Waals surface area contributed by atoms with Crippen molar-refractivity contribution >= 4 is 35.8 Å². The number of hydrogen-bond acceptors (Lipinski definition) is 12. The highest BCUT2D eigenvalue weighted by Crippen LogP contribution is 2.33. The monoisotopic (exact) mass is 672 g/mol. The van der Waals surface area contributed by atoms with Crippen LogP contribution in [0.25, 0.3) is 0 Å². The number of benzene rings is 1. The Morgan fingerprint density at radius 3 is 1.73 bits per heavy atom. The van der Waals surface area contributed by atoms with Gasteiger partial charge in [-0.1, -0.05) is 13.5 Å². The third-order valence-corrected chi connectivity index (χ3v) is 8.51. The molecular weight excluding hydrogens is 624 g/mol. The molecule has 264 valence electrons. The summed E-state index contributed by atoms with van der Waals surface area (Å²) < 4.78 is 31.8. The molecule has 0 N–H and O–H groups in total. The number of rotatable bonds is 18. The molecule has 2 aliphatic rings. The molecule has 0 radical (unpaired) electrons. The Labute approximate surface area is 281 Å². The molecule has 0 unspecified atom stereocenters. The first-order valence-electron chi connectivity index (χ1n) is 17.0. The van der Waals surface area contributed by atoms with Gasteiger partial charge in [0.2, 0.25) is 0 Å². The Balaban J connectivity index is 1.27. The molecule has 0 aliphatic heterocycles. The van der Waals surface area contributed by atoms with Crippen molar-refractivity contribution in [3.8, 4) is 5.75 Å². The number of carbonyl (C=O) groups is 6. The van der Waals surface area contributed by atoms with Gasteiger partial charge in [-0.15, -0.1) is 0 Å². The van der Waals surface area contributed by atoms with Crippen molar-refractivity contribution in [1.82, 2.24) is 0 Å². The summed E-state index contributed by atoms with van der Waals surface area (Å²) >= 11 is 0. The van der Waals surface area contributed by atoms with Gasteiger partial charge in [-0.05, 0) is 101 Å². The summed E-state index contributed by atoms with van der Waals surface area (Å²) in [5.74, 6) is -2.60. The van der Waals surface area contributed by atoms with Crippen molar-refractivity contribution in [3.63, 3.8) is 0 Å². The van der Waals surface area contributed by atoms with Gasteiger partial charge in [-0.25, -0.2) is 9.59 Å². The van der Waals surface area contributed by atoms with Gasteiger partial charge in [0.05, 0.1) is 49.7 Å². The van der Waals surface area contributed by atoms with Gasteiger partial charge in [-0.3, -0.25) is 19.2 Å². The third kappa shape index (κ3) is 13.5. The van der Waals surface area contributed by atoms with Crippen molar-refractivity contribution in [2.75, 3.05) is 26.4 Å². The van der Waals surface area contributed by atoms with E-state index in [9.17, 15) is 28.8 Å². The molecule has 3 rings (SSSR count). The van der Waals surface area contributed by atoms with E-state index >= 15 is 0 Å². The first-order valence-corrected chi connectivity index (χ1v) is 17.0. The molecule has 1 aromatic rings. The molecule has 12 heteroatoms. The maximum absolute atomic E-state index is 12.9. The predicted molar refractivity (Wildman–Crippen MR) is 171 cm³/mol. The van der Waals surface area contributed by atoms with Gasteiger partial charge >= 0.3 is 35.8 Å². The molecule has 2 saturated carbocycles. The summed E-state index contributed by atoms with van der Waals surface area (Å²) in [6, 6.07) is 6.13. The molecule has 2 fully saturated rings. The summed E-state index contributed by atoms with van der Waals surface area (Å²) in [6.45, 7) is 6.07. The largest absolute Gasteiger partial charge is 0.466 e. The summed E-state index contributed by atoms with van der Waals surface area (Å²) in [5, 5.41) is 0. The van der Waals surface area contributed by atoms with Crippen LogP contribution in [-0.4, -0.2) is 68.3 Å². The first kappa shape index (κ1) is 38.2. The van der Waals surface area contributed by atoms with Crippen LogP contribution in [0, 0.1) is 17.8 Å². The summed E-state index contributed by atoms with van der Waals surface area (Å²) in [4.78, 5) is 72.4. The lowest BCUT2D eigenvalue weighted by molar-refractivity contribution is -0.160. The van der Waals surface area contributed by atoms with Crippen molar-refractivity contribution in [3.05, 3.63) is 42.5 Å². The van der Waals surface area contributed by atoms with Crippen LogP contribution in [0.4, 0.5) is 0 Å². The SMILES string of the molecule is C=CC(=O)OCCCCOC(=O)c1ccc(OC(=O)C2CCC(C(=O)OC3CCC(C(=O)OCCCCOC(=O)CC)CC3)CC2)cc1. The molecule has 0 atom stereocenters. The fraction of sp³-hybridized carbons (Fsp3) is 0.611. The summed E-state index contributed by atoms with van der Waals surface area (Å²) in [6.07, 6.45) is 8.03. The van der Waals surface area contributed by atoms with Crippen molar-refractivity contribution in [1.29, 1.82) is 0 Å². The molecule has 1 aromatic carbocycles. The van der Waals surface area contributed by atoms with E-state index in [1.165, 1.54) is 24.3 Å². The Kier molecular flexibility index (Phi) is 16.6. The second kappa shape index (κ2) is 20.9. The maximum atomic E-state index is 12.9. The molecular formula is C36H48O12. The van der Waals surface area contributed by atoms with Crippen molar-refractivity contribution in [2.24, 2.45) is 17.8 Å². The van der Waals surface area contributed by atoms with Crippen molar-refractivity contribution in [2.45, 2.75) is 96.5 Å². The lowest BCUT2D eigenvalue weighted by atomic mass is 9.82. The van der Waals surface area contributed by atoms with Gasteiger partial charge in [0.15, 0.2) is 0 Å².